The van der Waals surface area contributed by atoms with Gasteiger partial charge in [-0.05, 0) is 49.1 Å². The molecule has 2 nitrogen and oxygen atoms in total. The lowest BCUT2D eigenvalue weighted by Gasteiger charge is -2.33. The molecule has 26 heavy (non-hydrogen) atoms. The molecule has 0 bridgehead atoms. The van der Waals surface area contributed by atoms with Crippen LogP contribution in [0.2, 0.25) is 0 Å². The van der Waals surface area contributed by atoms with Crippen LogP contribution in [0.25, 0.3) is 0 Å². The van der Waals surface area contributed by atoms with E-state index in [9.17, 15) is 0 Å². The highest BCUT2D eigenvalue weighted by molar-refractivity contribution is 5.32. The van der Waals surface area contributed by atoms with E-state index in [-0.39, 0.29) is 11.6 Å². The summed E-state index contributed by atoms with van der Waals surface area (Å²) in [5, 5.41) is 3.87. The number of methoxy groups -OCH3 is 1. The topological polar surface area (TPSA) is 21.3 Å². The highest BCUT2D eigenvalue weighted by atomic mass is 16.5. The SMILES string of the molecule is COc1ccc(C(C)(C)N[C@@H](Cc2ccccc2)c2ccccc2)cc1. The van der Waals surface area contributed by atoms with Gasteiger partial charge in [0.1, 0.15) is 5.75 Å². The van der Waals surface area contributed by atoms with Crippen LogP contribution in [0.5, 0.6) is 5.75 Å². The van der Waals surface area contributed by atoms with Crippen LogP contribution in [0.4, 0.5) is 0 Å². The molecule has 0 amide bonds. The van der Waals surface area contributed by atoms with Crippen molar-refractivity contribution < 1.29 is 4.74 Å². The van der Waals surface area contributed by atoms with Gasteiger partial charge in [-0.3, -0.25) is 0 Å². The standard InChI is InChI=1S/C24H27NO/c1-24(2,21-14-16-22(26-3)17-15-21)25-23(20-12-8-5-9-13-20)18-19-10-6-4-7-11-19/h4-17,23,25H,18H2,1-3H3/t23-/m0/s1. The normalized spacial score (nSPS) is 12.6. The van der Waals surface area contributed by atoms with E-state index in [1.807, 2.05) is 12.1 Å². The Morgan fingerprint density at radius 1 is 0.808 bits per heavy atom. The molecule has 0 saturated heterocycles. The van der Waals surface area contributed by atoms with Gasteiger partial charge in [0, 0.05) is 11.6 Å². The quantitative estimate of drug-likeness (QED) is 0.610. The molecule has 3 rings (SSSR count). The summed E-state index contributed by atoms with van der Waals surface area (Å²) in [6, 6.07) is 29.9. The van der Waals surface area contributed by atoms with Crippen LogP contribution in [0, 0.1) is 0 Å². The lowest BCUT2D eigenvalue weighted by atomic mass is 9.90. The first-order chi connectivity index (χ1) is 12.6. The molecule has 0 spiro atoms. The maximum atomic E-state index is 5.29. The summed E-state index contributed by atoms with van der Waals surface area (Å²) in [4.78, 5) is 0. The van der Waals surface area contributed by atoms with Crippen LogP contribution in [-0.4, -0.2) is 7.11 Å². The van der Waals surface area contributed by atoms with Gasteiger partial charge in [0.25, 0.3) is 0 Å². The number of benzene rings is 3. The minimum atomic E-state index is -0.165. The van der Waals surface area contributed by atoms with E-state index in [1.54, 1.807) is 7.11 Å². The minimum absolute atomic E-state index is 0.165. The number of ether oxygens (including phenoxy) is 1. The van der Waals surface area contributed by atoms with Gasteiger partial charge in [-0.25, -0.2) is 0 Å². The van der Waals surface area contributed by atoms with Crippen LogP contribution in [-0.2, 0) is 12.0 Å². The van der Waals surface area contributed by atoms with Crippen molar-refractivity contribution in [3.63, 3.8) is 0 Å². The number of nitrogens with one attached hydrogen (secondary N) is 1. The van der Waals surface area contributed by atoms with Crippen molar-refractivity contribution in [1.29, 1.82) is 0 Å². The zero-order valence-corrected chi connectivity index (χ0v) is 15.8. The molecule has 1 N–H and O–H groups in total. The maximum absolute atomic E-state index is 5.29. The third kappa shape index (κ3) is 4.53. The smallest absolute Gasteiger partial charge is 0.118 e. The molecule has 0 aliphatic rings. The predicted molar refractivity (Wildman–Crippen MR) is 108 cm³/mol. The second-order valence-electron chi connectivity index (χ2n) is 7.15. The van der Waals surface area contributed by atoms with Gasteiger partial charge in [0.15, 0.2) is 0 Å². The van der Waals surface area contributed by atoms with Crippen LogP contribution in [0.15, 0.2) is 84.9 Å². The predicted octanol–water partition coefficient (Wildman–Crippen LogP) is 5.50. The van der Waals surface area contributed by atoms with Gasteiger partial charge < -0.3 is 10.1 Å². The van der Waals surface area contributed by atoms with E-state index in [0.717, 1.165) is 12.2 Å². The van der Waals surface area contributed by atoms with Crippen LogP contribution >= 0.6 is 0 Å². The zero-order chi connectivity index (χ0) is 18.4. The average Bonchev–Trinajstić information content (AvgIpc) is 2.69. The monoisotopic (exact) mass is 345 g/mol. The number of hydrogen-bond donors (Lipinski definition) is 1. The fraction of sp³-hybridized carbons (Fsp3) is 0.250. The first-order valence-electron chi connectivity index (χ1n) is 9.09. The summed E-state index contributed by atoms with van der Waals surface area (Å²) in [5.41, 5.74) is 3.71. The van der Waals surface area contributed by atoms with E-state index in [1.165, 1.54) is 16.7 Å². The van der Waals surface area contributed by atoms with Crippen molar-refractivity contribution in [1.82, 2.24) is 5.32 Å². The Morgan fingerprint density at radius 2 is 1.38 bits per heavy atom. The van der Waals surface area contributed by atoms with E-state index < -0.39 is 0 Å². The Balaban J connectivity index is 1.86. The fourth-order valence-electron chi connectivity index (χ4n) is 3.31. The summed E-state index contributed by atoms with van der Waals surface area (Å²) < 4.78 is 5.29. The number of hydrogen-bond acceptors (Lipinski definition) is 2. The summed E-state index contributed by atoms with van der Waals surface area (Å²) in [7, 11) is 1.70. The molecule has 3 aromatic rings. The molecule has 0 radical (unpaired) electrons. The highest BCUT2D eigenvalue weighted by Gasteiger charge is 2.25. The molecule has 0 aliphatic carbocycles. The lowest BCUT2D eigenvalue weighted by molar-refractivity contribution is 0.341. The average molecular weight is 345 g/mol. The molecular formula is C24H27NO. The third-order valence-electron chi connectivity index (χ3n) is 4.83. The Labute approximate surface area is 156 Å². The van der Waals surface area contributed by atoms with Crippen LogP contribution < -0.4 is 10.1 Å². The first-order valence-corrected chi connectivity index (χ1v) is 9.09. The Bertz CT molecular complexity index is 795. The van der Waals surface area contributed by atoms with Gasteiger partial charge in [0.05, 0.1) is 7.11 Å². The molecule has 2 heteroatoms. The van der Waals surface area contributed by atoms with Gasteiger partial charge in [-0.2, -0.15) is 0 Å². The second-order valence-corrected chi connectivity index (χ2v) is 7.15. The zero-order valence-electron chi connectivity index (χ0n) is 15.8. The van der Waals surface area contributed by atoms with Crippen molar-refractivity contribution in [2.45, 2.75) is 31.8 Å². The lowest BCUT2D eigenvalue weighted by Crippen LogP contribution is -2.40. The molecule has 0 aromatic heterocycles. The van der Waals surface area contributed by atoms with Gasteiger partial charge in [0.2, 0.25) is 0 Å². The molecule has 0 unspecified atom stereocenters. The molecule has 3 aromatic carbocycles. The fourth-order valence-corrected chi connectivity index (χ4v) is 3.31. The van der Waals surface area contributed by atoms with Crippen molar-refractivity contribution in [2.24, 2.45) is 0 Å². The third-order valence-corrected chi connectivity index (χ3v) is 4.83. The maximum Gasteiger partial charge on any atom is 0.118 e. The van der Waals surface area contributed by atoms with E-state index in [4.69, 9.17) is 4.74 Å². The summed E-state index contributed by atoms with van der Waals surface area (Å²) in [6.07, 6.45) is 0.949. The van der Waals surface area contributed by atoms with Crippen molar-refractivity contribution in [3.8, 4) is 5.75 Å². The minimum Gasteiger partial charge on any atom is -0.497 e. The molecule has 134 valence electrons. The van der Waals surface area contributed by atoms with E-state index >= 15 is 0 Å². The summed E-state index contributed by atoms with van der Waals surface area (Å²) in [5.74, 6) is 0.883. The largest absolute Gasteiger partial charge is 0.497 e. The van der Waals surface area contributed by atoms with E-state index in [2.05, 4.69) is 92.0 Å². The summed E-state index contributed by atoms with van der Waals surface area (Å²) >= 11 is 0. The molecule has 0 heterocycles. The van der Waals surface area contributed by atoms with Crippen molar-refractivity contribution >= 4 is 0 Å². The molecule has 1 atom stereocenters. The van der Waals surface area contributed by atoms with E-state index in [0.29, 0.717) is 0 Å². The first kappa shape index (κ1) is 18.2. The Kier molecular flexibility index (Phi) is 5.75. The Hall–Kier alpha value is -2.58. The summed E-state index contributed by atoms with van der Waals surface area (Å²) in [6.45, 7) is 4.46. The molecule has 0 saturated carbocycles. The van der Waals surface area contributed by atoms with Gasteiger partial charge in [-0.1, -0.05) is 72.8 Å². The Morgan fingerprint density at radius 3 is 1.96 bits per heavy atom. The van der Waals surface area contributed by atoms with Gasteiger partial charge >= 0.3 is 0 Å². The van der Waals surface area contributed by atoms with Crippen LogP contribution in [0.3, 0.4) is 0 Å². The van der Waals surface area contributed by atoms with Crippen molar-refractivity contribution in [2.75, 3.05) is 7.11 Å². The molecule has 0 aliphatic heterocycles. The molecular weight excluding hydrogens is 318 g/mol. The van der Waals surface area contributed by atoms with Crippen molar-refractivity contribution in [3.05, 3.63) is 102 Å². The van der Waals surface area contributed by atoms with Gasteiger partial charge in [-0.15, -0.1) is 0 Å². The van der Waals surface area contributed by atoms with Crippen LogP contribution in [0.1, 0.15) is 36.6 Å². The number of rotatable bonds is 7. The highest BCUT2D eigenvalue weighted by Crippen LogP contribution is 2.28. The molecule has 0 fully saturated rings. The second kappa shape index (κ2) is 8.20.